The lowest BCUT2D eigenvalue weighted by molar-refractivity contribution is -0.138. The van der Waals surface area contributed by atoms with Crippen LogP contribution in [0.15, 0.2) is 24.3 Å². The number of carboxylic acids is 2. The van der Waals surface area contributed by atoms with Gasteiger partial charge in [0.15, 0.2) is 11.5 Å². The Bertz CT molecular complexity index is 690. The van der Waals surface area contributed by atoms with Crippen molar-refractivity contribution >= 4 is 11.9 Å². The SMILES string of the molecule is O=C(O)CCCCCCCCCCCCCCCCCCCCOc1ccccc1OCCCC(=O)O. The van der Waals surface area contributed by atoms with Gasteiger partial charge in [-0.3, -0.25) is 9.59 Å². The molecule has 0 aromatic heterocycles. The van der Waals surface area contributed by atoms with E-state index in [2.05, 4.69) is 0 Å². The summed E-state index contributed by atoms with van der Waals surface area (Å²) < 4.78 is 11.6. The topological polar surface area (TPSA) is 93.1 Å². The van der Waals surface area contributed by atoms with Gasteiger partial charge in [0, 0.05) is 12.8 Å². The lowest BCUT2D eigenvalue weighted by atomic mass is 10.0. The number of benzene rings is 1. The predicted octanol–water partition coefficient (Wildman–Crippen LogP) is 8.81. The molecule has 1 aromatic rings. The molecule has 1 rings (SSSR count). The standard InChI is InChI=1S/C31H52O6/c32-30(33)24-17-15-13-11-9-7-5-3-1-2-4-6-8-10-12-14-16-20-26-36-28-22-18-19-23-29(28)37-27-21-25-31(34)35/h18-19,22-23H,1-17,20-21,24-27H2,(H,32,33)(H,34,35). The Hall–Kier alpha value is -2.24. The van der Waals surface area contributed by atoms with E-state index in [-0.39, 0.29) is 6.42 Å². The minimum absolute atomic E-state index is 0.116. The van der Waals surface area contributed by atoms with E-state index in [0.717, 1.165) is 25.0 Å². The van der Waals surface area contributed by atoms with Gasteiger partial charge in [0.25, 0.3) is 0 Å². The summed E-state index contributed by atoms with van der Waals surface area (Å²) in [6.07, 6.45) is 23.6. The first-order valence-electron chi connectivity index (χ1n) is 14.9. The minimum Gasteiger partial charge on any atom is -0.490 e. The first kappa shape index (κ1) is 32.8. The molecule has 212 valence electrons. The van der Waals surface area contributed by atoms with Gasteiger partial charge < -0.3 is 19.7 Å². The van der Waals surface area contributed by atoms with Gasteiger partial charge in [-0.25, -0.2) is 0 Å². The molecular formula is C31H52O6. The maximum atomic E-state index is 10.6. The van der Waals surface area contributed by atoms with Crippen molar-refractivity contribution in [2.24, 2.45) is 0 Å². The van der Waals surface area contributed by atoms with Crippen molar-refractivity contribution in [3.63, 3.8) is 0 Å². The molecule has 0 fully saturated rings. The number of ether oxygens (including phenoxy) is 2. The molecule has 37 heavy (non-hydrogen) atoms. The number of unbranched alkanes of at least 4 members (excludes halogenated alkanes) is 17. The summed E-state index contributed by atoms with van der Waals surface area (Å²) in [5.74, 6) is -0.0407. The smallest absolute Gasteiger partial charge is 0.303 e. The third-order valence-corrected chi connectivity index (χ3v) is 6.68. The summed E-state index contributed by atoms with van der Waals surface area (Å²) in [5.41, 5.74) is 0. The Labute approximate surface area is 225 Å². The molecule has 0 radical (unpaired) electrons. The summed E-state index contributed by atoms with van der Waals surface area (Å²) in [6.45, 7) is 1.06. The number of aliphatic carboxylic acids is 2. The molecule has 0 aliphatic carbocycles. The average molecular weight is 521 g/mol. The van der Waals surface area contributed by atoms with Crippen LogP contribution in [0.4, 0.5) is 0 Å². The van der Waals surface area contributed by atoms with Crippen molar-refractivity contribution in [1.82, 2.24) is 0 Å². The van der Waals surface area contributed by atoms with Crippen molar-refractivity contribution in [3.05, 3.63) is 24.3 Å². The third kappa shape index (κ3) is 21.5. The normalized spacial score (nSPS) is 10.9. The second-order valence-electron chi connectivity index (χ2n) is 10.1. The highest BCUT2D eigenvalue weighted by atomic mass is 16.5. The number of carbonyl (C=O) groups is 2. The molecule has 0 aliphatic heterocycles. The number of hydrogen-bond donors (Lipinski definition) is 2. The van der Waals surface area contributed by atoms with E-state index in [9.17, 15) is 9.59 Å². The molecule has 0 bridgehead atoms. The zero-order valence-electron chi connectivity index (χ0n) is 23.1. The van der Waals surface area contributed by atoms with Crippen LogP contribution in [0.2, 0.25) is 0 Å². The van der Waals surface area contributed by atoms with Gasteiger partial charge in [0.2, 0.25) is 0 Å². The Kier molecular flexibility index (Phi) is 21.4. The molecule has 2 N–H and O–H groups in total. The highest BCUT2D eigenvalue weighted by Crippen LogP contribution is 2.27. The van der Waals surface area contributed by atoms with Crippen LogP contribution in [-0.4, -0.2) is 35.4 Å². The van der Waals surface area contributed by atoms with Gasteiger partial charge in [-0.1, -0.05) is 115 Å². The average Bonchev–Trinajstić information content (AvgIpc) is 2.88. The Morgan fingerprint density at radius 1 is 0.459 bits per heavy atom. The number of rotatable bonds is 27. The van der Waals surface area contributed by atoms with Crippen LogP contribution in [-0.2, 0) is 9.59 Å². The fraction of sp³-hybridized carbons (Fsp3) is 0.742. The minimum atomic E-state index is -0.800. The first-order chi connectivity index (χ1) is 18.1. The summed E-state index contributed by atoms with van der Waals surface area (Å²) in [6, 6.07) is 7.60. The summed E-state index contributed by atoms with van der Waals surface area (Å²) >= 11 is 0. The zero-order chi connectivity index (χ0) is 26.8. The van der Waals surface area contributed by atoms with Crippen LogP contribution in [0.3, 0.4) is 0 Å². The van der Waals surface area contributed by atoms with Crippen molar-refractivity contribution in [1.29, 1.82) is 0 Å². The molecule has 0 saturated carbocycles. The summed E-state index contributed by atoms with van der Waals surface area (Å²) in [4.78, 5) is 21.1. The van der Waals surface area contributed by atoms with E-state index in [0.29, 0.717) is 31.8 Å². The van der Waals surface area contributed by atoms with E-state index >= 15 is 0 Å². The quantitative estimate of drug-likeness (QED) is 0.113. The van der Waals surface area contributed by atoms with Crippen molar-refractivity contribution in [2.45, 2.75) is 135 Å². The Balaban J connectivity index is 1.83. The van der Waals surface area contributed by atoms with Gasteiger partial charge in [-0.05, 0) is 31.4 Å². The molecule has 0 spiro atoms. The van der Waals surface area contributed by atoms with Gasteiger partial charge in [-0.15, -0.1) is 0 Å². The molecule has 0 saturated heterocycles. The lowest BCUT2D eigenvalue weighted by Crippen LogP contribution is -2.04. The summed E-state index contributed by atoms with van der Waals surface area (Å²) in [5, 5.41) is 17.3. The van der Waals surface area contributed by atoms with Gasteiger partial charge in [0.05, 0.1) is 13.2 Å². The first-order valence-corrected chi connectivity index (χ1v) is 14.9. The third-order valence-electron chi connectivity index (χ3n) is 6.68. The number of para-hydroxylation sites is 2. The zero-order valence-corrected chi connectivity index (χ0v) is 23.1. The maximum absolute atomic E-state index is 10.6. The fourth-order valence-corrected chi connectivity index (χ4v) is 4.48. The van der Waals surface area contributed by atoms with Crippen LogP contribution in [0.25, 0.3) is 0 Å². The highest BCUT2D eigenvalue weighted by Gasteiger charge is 2.05. The molecule has 6 nitrogen and oxygen atoms in total. The van der Waals surface area contributed by atoms with E-state index in [1.54, 1.807) is 0 Å². The van der Waals surface area contributed by atoms with Gasteiger partial charge >= 0.3 is 11.9 Å². The van der Waals surface area contributed by atoms with Gasteiger partial charge in [0.1, 0.15) is 0 Å². The largest absolute Gasteiger partial charge is 0.490 e. The summed E-state index contributed by atoms with van der Waals surface area (Å²) in [7, 11) is 0. The molecule has 0 unspecified atom stereocenters. The molecule has 0 atom stereocenters. The van der Waals surface area contributed by atoms with Crippen molar-refractivity contribution < 1.29 is 29.3 Å². The number of carboxylic acid groups (broad SMARTS) is 2. The van der Waals surface area contributed by atoms with Crippen molar-refractivity contribution in [3.8, 4) is 11.5 Å². The van der Waals surface area contributed by atoms with Crippen LogP contribution in [0.5, 0.6) is 11.5 Å². The molecule has 0 aliphatic rings. The van der Waals surface area contributed by atoms with Gasteiger partial charge in [-0.2, -0.15) is 0 Å². The van der Waals surface area contributed by atoms with Crippen LogP contribution in [0.1, 0.15) is 135 Å². The predicted molar refractivity (Wildman–Crippen MR) is 150 cm³/mol. The van der Waals surface area contributed by atoms with E-state index in [1.165, 1.54) is 96.3 Å². The highest BCUT2D eigenvalue weighted by molar-refractivity contribution is 5.66. The van der Waals surface area contributed by atoms with Crippen LogP contribution in [0, 0.1) is 0 Å². The molecule has 0 heterocycles. The molecule has 0 amide bonds. The molecule has 1 aromatic carbocycles. The second-order valence-corrected chi connectivity index (χ2v) is 10.1. The molecule has 6 heteroatoms. The lowest BCUT2D eigenvalue weighted by Gasteiger charge is -2.12. The van der Waals surface area contributed by atoms with E-state index in [4.69, 9.17) is 19.7 Å². The maximum Gasteiger partial charge on any atom is 0.303 e. The van der Waals surface area contributed by atoms with Crippen molar-refractivity contribution in [2.75, 3.05) is 13.2 Å². The van der Waals surface area contributed by atoms with E-state index in [1.807, 2.05) is 24.3 Å². The Morgan fingerprint density at radius 2 is 0.757 bits per heavy atom. The number of hydrogen-bond acceptors (Lipinski definition) is 4. The fourth-order valence-electron chi connectivity index (χ4n) is 4.48. The monoisotopic (exact) mass is 520 g/mol. The Morgan fingerprint density at radius 3 is 1.14 bits per heavy atom. The molecular weight excluding hydrogens is 468 g/mol. The second kappa shape index (κ2) is 24.1. The van der Waals surface area contributed by atoms with Crippen LogP contribution < -0.4 is 9.47 Å². The van der Waals surface area contributed by atoms with E-state index < -0.39 is 11.9 Å². The van der Waals surface area contributed by atoms with Crippen LogP contribution >= 0.6 is 0 Å².